The fourth-order valence-corrected chi connectivity index (χ4v) is 3.02. The summed E-state index contributed by atoms with van der Waals surface area (Å²) in [4.78, 5) is 14.4. The van der Waals surface area contributed by atoms with Gasteiger partial charge in [-0.05, 0) is 31.0 Å². The van der Waals surface area contributed by atoms with Crippen molar-refractivity contribution < 1.29 is 14.6 Å². The highest BCUT2D eigenvalue weighted by atomic mass is 16.5. The van der Waals surface area contributed by atoms with Crippen molar-refractivity contribution in [3.05, 3.63) is 47.8 Å². The molecule has 0 radical (unpaired) electrons. The van der Waals surface area contributed by atoms with E-state index in [0.717, 1.165) is 11.1 Å². The first-order chi connectivity index (χ1) is 11.5. The van der Waals surface area contributed by atoms with Gasteiger partial charge in [-0.2, -0.15) is 5.10 Å². The van der Waals surface area contributed by atoms with Crippen LogP contribution in [0, 0.1) is 0 Å². The number of morpholine rings is 1. The number of phenolic OH excluding ortho intramolecular Hbond substituents is 1. The topological polar surface area (TPSA) is 67.6 Å². The molecular weight excluding hydrogens is 306 g/mol. The first-order valence-corrected chi connectivity index (χ1v) is 8.15. The Morgan fingerprint density at radius 3 is 2.79 bits per heavy atom. The number of aromatic nitrogens is 2. The maximum atomic E-state index is 12.6. The number of carbonyl (C=O) groups is 1. The Balaban J connectivity index is 1.61. The molecule has 1 aliphatic rings. The highest BCUT2D eigenvalue weighted by Crippen LogP contribution is 2.29. The van der Waals surface area contributed by atoms with Crippen molar-refractivity contribution in [1.29, 1.82) is 0 Å². The summed E-state index contributed by atoms with van der Waals surface area (Å²) in [5.74, 6) is 0.368. The molecule has 1 amide bonds. The monoisotopic (exact) mass is 329 g/mol. The zero-order chi connectivity index (χ0) is 17.2. The van der Waals surface area contributed by atoms with Crippen LogP contribution in [0.15, 0.2) is 36.7 Å². The van der Waals surface area contributed by atoms with Gasteiger partial charge >= 0.3 is 0 Å². The average Bonchev–Trinajstić information content (AvgIpc) is 3.01. The molecule has 6 nitrogen and oxygen atoms in total. The summed E-state index contributed by atoms with van der Waals surface area (Å²) in [6, 6.07) is 6.99. The van der Waals surface area contributed by atoms with E-state index in [-0.39, 0.29) is 11.7 Å². The van der Waals surface area contributed by atoms with E-state index >= 15 is 0 Å². The van der Waals surface area contributed by atoms with E-state index < -0.39 is 5.60 Å². The normalized spacial score (nSPS) is 21.0. The van der Waals surface area contributed by atoms with Gasteiger partial charge in [-0.1, -0.05) is 12.1 Å². The van der Waals surface area contributed by atoms with E-state index in [2.05, 4.69) is 5.10 Å². The summed E-state index contributed by atoms with van der Waals surface area (Å²) < 4.78 is 7.69. The predicted molar refractivity (Wildman–Crippen MR) is 89.5 cm³/mol. The summed E-state index contributed by atoms with van der Waals surface area (Å²) in [5, 5.41) is 13.5. The second-order valence-corrected chi connectivity index (χ2v) is 6.46. The third kappa shape index (κ3) is 3.59. The Morgan fingerprint density at radius 2 is 2.12 bits per heavy atom. The molecule has 6 heteroatoms. The second-order valence-electron chi connectivity index (χ2n) is 6.46. The maximum absolute atomic E-state index is 12.6. The first-order valence-electron chi connectivity index (χ1n) is 8.15. The third-order valence-electron chi connectivity index (χ3n) is 4.51. The zero-order valence-corrected chi connectivity index (χ0v) is 14.1. The van der Waals surface area contributed by atoms with Gasteiger partial charge in [-0.3, -0.25) is 9.48 Å². The molecule has 0 saturated carbocycles. The van der Waals surface area contributed by atoms with E-state index in [1.807, 2.05) is 37.2 Å². The van der Waals surface area contributed by atoms with Gasteiger partial charge in [0.15, 0.2) is 0 Å². The number of amides is 1. The van der Waals surface area contributed by atoms with Crippen LogP contribution in [0.1, 0.15) is 24.5 Å². The van der Waals surface area contributed by atoms with E-state index in [9.17, 15) is 9.90 Å². The van der Waals surface area contributed by atoms with Crippen molar-refractivity contribution in [2.24, 2.45) is 7.05 Å². The predicted octanol–water partition coefficient (Wildman–Crippen LogP) is 1.83. The molecule has 0 bridgehead atoms. The van der Waals surface area contributed by atoms with E-state index in [1.54, 1.807) is 23.0 Å². The second kappa shape index (κ2) is 6.65. The van der Waals surface area contributed by atoms with Crippen molar-refractivity contribution >= 4 is 5.91 Å². The highest BCUT2D eigenvalue weighted by molar-refractivity contribution is 5.76. The number of ether oxygens (including phenoxy) is 1. The molecule has 24 heavy (non-hydrogen) atoms. The standard InChI is InChI=1S/C18H23N3O3/c1-18(15-11-19-20(2)12-15)13-21(9-10-24-18)17(23)8-5-14-3-6-16(22)7-4-14/h3-4,6-7,11-12,22H,5,8-10,13H2,1-2H3/t18-/m1/s1. The summed E-state index contributed by atoms with van der Waals surface area (Å²) in [6.07, 6.45) is 4.85. The summed E-state index contributed by atoms with van der Waals surface area (Å²) in [7, 11) is 1.87. The SMILES string of the molecule is Cn1cc([C@@]2(C)CN(C(=O)CCc3ccc(O)cc3)CCO2)cn1. The van der Waals surface area contributed by atoms with Gasteiger partial charge in [0.1, 0.15) is 11.4 Å². The number of aryl methyl sites for hydroxylation is 2. The largest absolute Gasteiger partial charge is 0.508 e. The van der Waals surface area contributed by atoms with Crippen LogP contribution in [0.2, 0.25) is 0 Å². The molecule has 0 unspecified atom stereocenters. The van der Waals surface area contributed by atoms with Gasteiger partial charge < -0.3 is 14.7 Å². The zero-order valence-electron chi connectivity index (χ0n) is 14.1. The lowest BCUT2D eigenvalue weighted by molar-refractivity contribution is -0.149. The number of hydrogen-bond acceptors (Lipinski definition) is 4. The molecule has 0 aliphatic carbocycles. The van der Waals surface area contributed by atoms with Crippen LogP contribution >= 0.6 is 0 Å². The van der Waals surface area contributed by atoms with Crippen LogP contribution in [0.25, 0.3) is 0 Å². The molecule has 1 atom stereocenters. The molecule has 1 aromatic heterocycles. The van der Waals surface area contributed by atoms with Gasteiger partial charge in [0.05, 0.1) is 19.3 Å². The molecule has 3 rings (SSSR count). The number of benzene rings is 1. The molecule has 1 saturated heterocycles. The van der Waals surface area contributed by atoms with Crippen molar-refractivity contribution in [2.75, 3.05) is 19.7 Å². The third-order valence-corrected chi connectivity index (χ3v) is 4.51. The Bertz CT molecular complexity index is 711. The number of nitrogens with zero attached hydrogens (tertiary/aromatic N) is 3. The summed E-state index contributed by atoms with van der Waals surface area (Å²) in [6.45, 7) is 3.68. The van der Waals surface area contributed by atoms with Gasteiger partial charge in [0.2, 0.25) is 5.91 Å². The molecule has 1 N–H and O–H groups in total. The van der Waals surface area contributed by atoms with Crippen LogP contribution in [-0.2, 0) is 28.6 Å². The van der Waals surface area contributed by atoms with E-state index in [4.69, 9.17) is 4.74 Å². The molecule has 128 valence electrons. The Hall–Kier alpha value is -2.34. The van der Waals surface area contributed by atoms with Crippen molar-refractivity contribution in [2.45, 2.75) is 25.4 Å². The number of hydrogen-bond donors (Lipinski definition) is 1. The van der Waals surface area contributed by atoms with Crippen LogP contribution in [0.5, 0.6) is 5.75 Å². The Kier molecular flexibility index (Phi) is 4.57. The van der Waals surface area contributed by atoms with Crippen molar-refractivity contribution in [3.63, 3.8) is 0 Å². The van der Waals surface area contributed by atoms with Gasteiger partial charge in [0, 0.05) is 31.8 Å². The maximum Gasteiger partial charge on any atom is 0.223 e. The minimum Gasteiger partial charge on any atom is -0.508 e. The quantitative estimate of drug-likeness (QED) is 0.929. The van der Waals surface area contributed by atoms with Crippen LogP contribution < -0.4 is 0 Å². The molecular formula is C18H23N3O3. The number of carbonyl (C=O) groups excluding carboxylic acids is 1. The molecule has 1 fully saturated rings. The van der Waals surface area contributed by atoms with Crippen LogP contribution in [-0.4, -0.2) is 45.4 Å². The van der Waals surface area contributed by atoms with Crippen molar-refractivity contribution in [3.8, 4) is 5.75 Å². The van der Waals surface area contributed by atoms with Crippen LogP contribution in [0.3, 0.4) is 0 Å². The van der Waals surface area contributed by atoms with E-state index in [0.29, 0.717) is 32.5 Å². The number of phenols is 1. The van der Waals surface area contributed by atoms with Crippen molar-refractivity contribution in [1.82, 2.24) is 14.7 Å². The van der Waals surface area contributed by atoms with Gasteiger partial charge in [-0.25, -0.2) is 0 Å². The average molecular weight is 329 g/mol. The lowest BCUT2D eigenvalue weighted by Gasteiger charge is -2.40. The Morgan fingerprint density at radius 1 is 1.38 bits per heavy atom. The fraction of sp³-hybridized carbons (Fsp3) is 0.444. The minimum atomic E-state index is -0.513. The minimum absolute atomic E-state index is 0.126. The number of aromatic hydroxyl groups is 1. The molecule has 2 heterocycles. The lowest BCUT2D eigenvalue weighted by Crippen LogP contribution is -2.50. The summed E-state index contributed by atoms with van der Waals surface area (Å²) in [5.41, 5.74) is 1.52. The first kappa shape index (κ1) is 16.5. The van der Waals surface area contributed by atoms with Gasteiger partial charge in [-0.15, -0.1) is 0 Å². The Labute approximate surface area is 141 Å². The molecule has 0 spiro atoms. The fourth-order valence-electron chi connectivity index (χ4n) is 3.02. The van der Waals surface area contributed by atoms with E-state index in [1.165, 1.54) is 0 Å². The number of rotatable bonds is 4. The summed E-state index contributed by atoms with van der Waals surface area (Å²) >= 11 is 0. The lowest BCUT2D eigenvalue weighted by atomic mass is 9.96. The highest BCUT2D eigenvalue weighted by Gasteiger charge is 2.36. The molecule has 1 aliphatic heterocycles. The molecule has 2 aromatic rings. The van der Waals surface area contributed by atoms with Crippen LogP contribution in [0.4, 0.5) is 0 Å². The van der Waals surface area contributed by atoms with Gasteiger partial charge in [0.25, 0.3) is 0 Å². The smallest absolute Gasteiger partial charge is 0.223 e. The molecule has 1 aromatic carbocycles.